The molecular formula is C18H21N3O4S. The fourth-order valence-corrected chi connectivity index (χ4v) is 4.26. The lowest BCUT2D eigenvalue weighted by molar-refractivity contribution is 0.101. The molecule has 1 aromatic carbocycles. The van der Waals surface area contributed by atoms with Crippen molar-refractivity contribution in [3.63, 3.8) is 0 Å². The lowest BCUT2D eigenvalue weighted by atomic mass is 9.94. The van der Waals surface area contributed by atoms with Gasteiger partial charge in [0.25, 0.3) is 0 Å². The van der Waals surface area contributed by atoms with Crippen LogP contribution < -0.4 is 9.46 Å². The number of nitrogens with one attached hydrogen (secondary N) is 1. The first-order valence-corrected chi connectivity index (χ1v) is 9.99. The maximum absolute atomic E-state index is 12.5. The van der Waals surface area contributed by atoms with Crippen LogP contribution in [0.5, 0.6) is 6.01 Å². The van der Waals surface area contributed by atoms with E-state index < -0.39 is 10.0 Å². The van der Waals surface area contributed by atoms with Crippen LogP contribution in [0.2, 0.25) is 0 Å². The Morgan fingerprint density at radius 1 is 1.08 bits per heavy atom. The van der Waals surface area contributed by atoms with Crippen LogP contribution in [0.1, 0.15) is 43.0 Å². The van der Waals surface area contributed by atoms with E-state index in [0.29, 0.717) is 24.4 Å². The molecule has 1 N–H and O–H groups in total. The summed E-state index contributed by atoms with van der Waals surface area (Å²) in [5, 5.41) is 0. The molecule has 1 aromatic heterocycles. The molecule has 0 bridgehead atoms. The third-order valence-electron chi connectivity index (χ3n) is 4.38. The van der Waals surface area contributed by atoms with E-state index in [-0.39, 0.29) is 22.8 Å². The van der Waals surface area contributed by atoms with E-state index in [2.05, 4.69) is 14.7 Å². The van der Waals surface area contributed by atoms with Gasteiger partial charge in [-0.1, -0.05) is 12.1 Å². The van der Waals surface area contributed by atoms with Crippen LogP contribution in [-0.2, 0) is 10.0 Å². The molecule has 0 atom stereocenters. The summed E-state index contributed by atoms with van der Waals surface area (Å²) in [7, 11) is -3.61. The first kappa shape index (κ1) is 18.5. The molecule has 8 heteroatoms. The van der Waals surface area contributed by atoms with Crippen molar-refractivity contribution in [2.24, 2.45) is 0 Å². The van der Waals surface area contributed by atoms with Gasteiger partial charge in [-0.25, -0.2) is 23.1 Å². The molecule has 26 heavy (non-hydrogen) atoms. The van der Waals surface area contributed by atoms with Crippen LogP contribution in [0.15, 0.2) is 47.6 Å². The summed E-state index contributed by atoms with van der Waals surface area (Å²) in [5.74, 6) is -0.0948. The SMILES string of the molecule is CC(=O)c1ccc(S(=O)(=O)NC2CCC(Oc3ncccn3)CC2)cc1. The normalized spacial score (nSPS) is 20.5. The Morgan fingerprint density at radius 2 is 1.69 bits per heavy atom. The van der Waals surface area contributed by atoms with Gasteiger partial charge in [-0.15, -0.1) is 0 Å². The van der Waals surface area contributed by atoms with E-state index >= 15 is 0 Å². The summed E-state index contributed by atoms with van der Waals surface area (Å²) < 4.78 is 33.5. The lowest BCUT2D eigenvalue weighted by Gasteiger charge is -2.28. The molecule has 0 spiro atoms. The fourth-order valence-electron chi connectivity index (χ4n) is 2.95. The molecule has 0 saturated heterocycles. The molecule has 0 aliphatic heterocycles. The molecule has 1 heterocycles. The number of carbonyl (C=O) groups is 1. The maximum Gasteiger partial charge on any atom is 0.316 e. The minimum Gasteiger partial charge on any atom is -0.460 e. The molecule has 1 aliphatic carbocycles. The summed E-state index contributed by atoms with van der Waals surface area (Å²) in [6.45, 7) is 1.45. The number of aromatic nitrogens is 2. The Hall–Kier alpha value is -2.32. The average molecular weight is 375 g/mol. The summed E-state index contributed by atoms with van der Waals surface area (Å²) in [4.78, 5) is 19.5. The van der Waals surface area contributed by atoms with Crippen molar-refractivity contribution in [2.45, 2.75) is 49.6 Å². The number of sulfonamides is 1. The molecule has 138 valence electrons. The van der Waals surface area contributed by atoms with Crippen molar-refractivity contribution in [3.8, 4) is 6.01 Å². The zero-order chi connectivity index (χ0) is 18.6. The van der Waals surface area contributed by atoms with Crippen molar-refractivity contribution in [2.75, 3.05) is 0 Å². The van der Waals surface area contributed by atoms with Gasteiger partial charge in [-0.3, -0.25) is 4.79 Å². The van der Waals surface area contributed by atoms with Gasteiger partial charge in [-0.2, -0.15) is 0 Å². The molecule has 0 radical (unpaired) electrons. The van der Waals surface area contributed by atoms with Crippen LogP contribution in [0.25, 0.3) is 0 Å². The summed E-state index contributed by atoms with van der Waals surface area (Å²) in [5.41, 5.74) is 0.490. The van der Waals surface area contributed by atoms with Crippen molar-refractivity contribution >= 4 is 15.8 Å². The number of ketones is 1. The van der Waals surface area contributed by atoms with Gasteiger partial charge in [0.2, 0.25) is 10.0 Å². The van der Waals surface area contributed by atoms with E-state index in [1.165, 1.54) is 31.2 Å². The smallest absolute Gasteiger partial charge is 0.316 e. The molecule has 3 rings (SSSR count). The first-order chi connectivity index (χ1) is 12.4. The quantitative estimate of drug-likeness (QED) is 0.778. The minimum absolute atomic E-state index is 0.00648. The Balaban J connectivity index is 1.55. The monoisotopic (exact) mass is 375 g/mol. The molecule has 7 nitrogen and oxygen atoms in total. The second-order valence-corrected chi connectivity index (χ2v) is 8.04. The molecule has 0 unspecified atom stereocenters. The van der Waals surface area contributed by atoms with Crippen LogP contribution >= 0.6 is 0 Å². The molecular weight excluding hydrogens is 354 g/mol. The van der Waals surface area contributed by atoms with Gasteiger partial charge in [0.1, 0.15) is 6.10 Å². The van der Waals surface area contributed by atoms with Crippen molar-refractivity contribution < 1.29 is 17.9 Å². The second kappa shape index (κ2) is 7.92. The highest BCUT2D eigenvalue weighted by atomic mass is 32.2. The first-order valence-electron chi connectivity index (χ1n) is 8.51. The number of carbonyl (C=O) groups excluding carboxylic acids is 1. The number of benzene rings is 1. The second-order valence-electron chi connectivity index (χ2n) is 6.32. The zero-order valence-corrected chi connectivity index (χ0v) is 15.3. The predicted molar refractivity (Wildman–Crippen MR) is 95.5 cm³/mol. The van der Waals surface area contributed by atoms with Crippen molar-refractivity contribution in [3.05, 3.63) is 48.3 Å². The maximum atomic E-state index is 12.5. The number of Topliss-reactive ketones (excluding diaryl/α,β-unsaturated/α-hetero) is 1. The van der Waals surface area contributed by atoms with E-state index in [0.717, 1.165) is 12.8 Å². The largest absolute Gasteiger partial charge is 0.460 e. The summed E-state index contributed by atoms with van der Waals surface area (Å²) in [6, 6.07) is 7.91. The number of nitrogens with zero attached hydrogens (tertiary/aromatic N) is 2. The Kier molecular flexibility index (Phi) is 5.63. The zero-order valence-electron chi connectivity index (χ0n) is 14.5. The lowest BCUT2D eigenvalue weighted by Crippen LogP contribution is -2.39. The van der Waals surface area contributed by atoms with Gasteiger partial charge >= 0.3 is 6.01 Å². The molecule has 1 fully saturated rings. The van der Waals surface area contributed by atoms with E-state index in [9.17, 15) is 13.2 Å². The van der Waals surface area contributed by atoms with Crippen molar-refractivity contribution in [1.29, 1.82) is 0 Å². The third kappa shape index (κ3) is 4.64. The number of hydrogen-bond acceptors (Lipinski definition) is 6. The van der Waals surface area contributed by atoms with E-state index in [1.807, 2.05) is 0 Å². The highest BCUT2D eigenvalue weighted by molar-refractivity contribution is 7.89. The predicted octanol–water partition coefficient (Wildman–Crippen LogP) is 2.35. The van der Waals surface area contributed by atoms with Crippen LogP contribution in [0, 0.1) is 0 Å². The van der Waals surface area contributed by atoms with E-state index in [1.54, 1.807) is 18.5 Å². The highest BCUT2D eigenvalue weighted by Crippen LogP contribution is 2.23. The number of rotatable bonds is 6. The molecule has 2 aromatic rings. The summed E-state index contributed by atoms with van der Waals surface area (Å²) in [6.07, 6.45) is 6.07. The minimum atomic E-state index is -3.61. The van der Waals surface area contributed by atoms with Gasteiger partial charge in [0, 0.05) is 24.0 Å². The van der Waals surface area contributed by atoms with Gasteiger partial charge in [0.05, 0.1) is 4.90 Å². The molecule has 0 amide bonds. The third-order valence-corrected chi connectivity index (χ3v) is 5.92. The van der Waals surface area contributed by atoms with E-state index in [4.69, 9.17) is 4.74 Å². The fraction of sp³-hybridized carbons (Fsp3) is 0.389. The summed E-state index contributed by atoms with van der Waals surface area (Å²) >= 11 is 0. The average Bonchev–Trinajstić information content (AvgIpc) is 2.64. The Morgan fingerprint density at radius 3 is 2.27 bits per heavy atom. The number of hydrogen-bond donors (Lipinski definition) is 1. The van der Waals surface area contributed by atoms with Crippen LogP contribution in [0.4, 0.5) is 0 Å². The van der Waals surface area contributed by atoms with Crippen LogP contribution in [0.3, 0.4) is 0 Å². The molecule has 1 saturated carbocycles. The van der Waals surface area contributed by atoms with Gasteiger partial charge < -0.3 is 4.74 Å². The standard InChI is InChI=1S/C18H21N3O4S/c1-13(22)14-3-9-17(10-4-14)26(23,24)21-15-5-7-16(8-6-15)25-18-19-11-2-12-20-18/h2-4,9-12,15-16,21H,5-8H2,1H3. The Bertz CT molecular complexity index is 846. The highest BCUT2D eigenvalue weighted by Gasteiger charge is 2.27. The topological polar surface area (TPSA) is 98.2 Å². The van der Waals surface area contributed by atoms with Gasteiger partial charge in [0.15, 0.2) is 5.78 Å². The Labute approximate surface area is 152 Å². The molecule has 1 aliphatic rings. The van der Waals surface area contributed by atoms with Crippen molar-refractivity contribution in [1.82, 2.24) is 14.7 Å². The van der Waals surface area contributed by atoms with Crippen LogP contribution in [-0.4, -0.2) is 36.3 Å². The number of ether oxygens (including phenoxy) is 1. The van der Waals surface area contributed by atoms with Gasteiger partial charge in [-0.05, 0) is 50.8 Å².